The largest absolute Gasteiger partial charge is 0.465 e. The number of aryl methyl sites for hydroxylation is 1. The molecule has 0 saturated carbocycles. The standard InChI is InChI=1S/C47H60N6O6/c1-31-15-11-12-18-35(31)30-52-25-26-53(45(52)59)41(47(5,6)7)43(56)50-38(28-32-16-9-8-10-17-32)39(54)29-36(49-42(55)40(46(2,3)4)51-44(57)58)27-33-20-22-34(23-21-33)37-19-13-14-24-48-37/h8-24,36,38-41,51,54H,25-30H2,1-7H3,(H,49,55)(H,50,56)(H,57,58)/t36-,38-,39-,40+,41+/m0/s1. The summed E-state index contributed by atoms with van der Waals surface area (Å²) in [4.78, 5) is 62.1. The van der Waals surface area contributed by atoms with E-state index in [1.807, 2.05) is 125 Å². The molecule has 0 aliphatic carbocycles. The summed E-state index contributed by atoms with van der Waals surface area (Å²) in [6.07, 6.45) is -0.136. The summed E-state index contributed by atoms with van der Waals surface area (Å²) in [6, 6.07) is 27.3. The number of aliphatic hydroxyl groups excluding tert-OH is 1. The summed E-state index contributed by atoms with van der Waals surface area (Å²) in [6.45, 7) is 14.4. The molecule has 5 N–H and O–H groups in total. The Hall–Kier alpha value is -5.75. The van der Waals surface area contributed by atoms with Crippen molar-refractivity contribution in [2.45, 2.75) is 105 Å². The van der Waals surface area contributed by atoms with Crippen LogP contribution in [0.1, 0.15) is 70.2 Å². The maximum Gasteiger partial charge on any atom is 0.405 e. The van der Waals surface area contributed by atoms with E-state index < -0.39 is 53.1 Å². The molecular weight excluding hydrogens is 745 g/mol. The fourth-order valence-electron chi connectivity index (χ4n) is 7.76. The molecule has 1 aromatic heterocycles. The average molecular weight is 805 g/mol. The average Bonchev–Trinajstić information content (AvgIpc) is 3.52. The third kappa shape index (κ3) is 12.1. The predicted octanol–water partition coefficient (Wildman–Crippen LogP) is 6.60. The minimum atomic E-state index is -1.32. The predicted molar refractivity (Wildman–Crippen MR) is 229 cm³/mol. The maximum absolute atomic E-state index is 14.6. The summed E-state index contributed by atoms with van der Waals surface area (Å²) in [5, 5.41) is 30.4. The number of amides is 5. The van der Waals surface area contributed by atoms with E-state index in [2.05, 4.69) is 20.9 Å². The Morgan fingerprint density at radius 3 is 2.00 bits per heavy atom. The Kier molecular flexibility index (Phi) is 14.5. The van der Waals surface area contributed by atoms with Crippen molar-refractivity contribution in [1.29, 1.82) is 0 Å². The summed E-state index contributed by atoms with van der Waals surface area (Å²) in [5.74, 6) is -0.908. The first-order valence-electron chi connectivity index (χ1n) is 20.3. The van der Waals surface area contributed by atoms with Crippen molar-refractivity contribution in [2.24, 2.45) is 10.8 Å². The van der Waals surface area contributed by atoms with Gasteiger partial charge in [-0.05, 0) is 71.4 Å². The van der Waals surface area contributed by atoms with Gasteiger partial charge in [0.05, 0.1) is 17.8 Å². The molecule has 1 aliphatic heterocycles. The molecule has 5 amide bonds. The first-order valence-corrected chi connectivity index (χ1v) is 20.3. The van der Waals surface area contributed by atoms with Crippen molar-refractivity contribution in [3.05, 3.63) is 126 Å². The van der Waals surface area contributed by atoms with Gasteiger partial charge in [-0.1, -0.05) is 126 Å². The third-order valence-electron chi connectivity index (χ3n) is 10.9. The number of carbonyl (C=O) groups excluding carboxylic acids is 3. The Morgan fingerprint density at radius 2 is 1.39 bits per heavy atom. The lowest BCUT2D eigenvalue weighted by Crippen LogP contribution is -2.59. The lowest BCUT2D eigenvalue weighted by molar-refractivity contribution is -0.131. The topological polar surface area (TPSA) is 164 Å². The zero-order chi connectivity index (χ0) is 42.9. The van der Waals surface area contributed by atoms with E-state index in [4.69, 9.17) is 0 Å². The van der Waals surface area contributed by atoms with Gasteiger partial charge in [-0.3, -0.25) is 14.6 Å². The molecule has 1 saturated heterocycles. The van der Waals surface area contributed by atoms with Gasteiger partial charge in [-0.25, -0.2) is 9.59 Å². The quantitative estimate of drug-likeness (QED) is 0.0853. The minimum absolute atomic E-state index is 0.0302. The summed E-state index contributed by atoms with van der Waals surface area (Å²) < 4.78 is 0. The molecule has 3 aromatic carbocycles. The molecule has 5 atom stereocenters. The number of nitrogens with zero attached hydrogens (tertiary/aromatic N) is 3. The molecule has 1 fully saturated rings. The van der Waals surface area contributed by atoms with Gasteiger partial charge in [0.1, 0.15) is 12.1 Å². The number of carbonyl (C=O) groups is 4. The second-order valence-corrected chi connectivity index (χ2v) is 17.8. The van der Waals surface area contributed by atoms with E-state index in [0.717, 1.165) is 33.5 Å². The van der Waals surface area contributed by atoms with Crippen LogP contribution >= 0.6 is 0 Å². The fraction of sp³-hybridized carbons (Fsp3) is 0.426. The molecule has 314 valence electrons. The molecule has 0 unspecified atom stereocenters. The number of urea groups is 1. The van der Waals surface area contributed by atoms with Crippen LogP contribution in [0, 0.1) is 17.8 Å². The number of hydrogen-bond acceptors (Lipinski definition) is 6. The van der Waals surface area contributed by atoms with Crippen LogP contribution in [0.3, 0.4) is 0 Å². The highest BCUT2D eigenvalue weighted by Crippen LogP contribution is 2.30. The highest BCUT2D eigenvalue weighted by Gasteiger charge is 2.44. The van der Waals surface area contributed by atoms with Crippen LogP contribution in [0.15, 0.2) is 103 Å². The zero-order valence-electron chi connectivity index (χ0n) is 35.3. The Balaban J connectivity index is 1.41. The number of nitrogens with one attached hydrogen (secondary N) is 3. The smallest absolute Gasteiger partial charge is 0.405 e. The van der Waals surface area contributed by atoms with Crippen LogP contribution in [-0.4, -0.2) is 92.3 Å². The van der Waals surface area contributed by atoms with Gasteiger partial charge in [0, 0.05) is 37.4 Å². The fourth-order valence-corrected chi connectivity index (χ4v) is 7.76. The van der Waals surface area contributed by atoms with E-state index in [1.165, 1.54) is 0 Å². The van der Waals surface area contributed by atoms with Crippen LogP contribution in [0.5, 0.6) is 0 Å². The van der Waals surface area contributed by atoms with Crippen LogP contribution < -0.4 is 16.0 Å². The molecule has 59 heavy (non-hydrogen) atoms. The van der Waals surface area contributed by atoms with E-state index in [-0.39, 0.29) is 24.8 Å². The van der Waals surface area contributed by atoms with Gasteiger partial charge in [0.15, 0.2) is 0 Å². The highest BCUT2D eigenvalue weighted by atomic mass is 16.4. The third-order valence-corrected chi connectivity index (χ3v) is 10.9. The number of hydrogen-bond donors (Lipinski definition) is 5. The first-order chi connectivity index (χ1) is 27.9. The number of aromatic nitrogens is 1. The van der Waals surface area contributed by atoms with Crippen molar-refractivity contribution in [3.8, 4) is 11.3 Å². The van der Waals surface area contributed by atoms with Crippen molar-refractivity contribution < 1.29 is 29.4 Å². The number of benzene rings is 3. The summed E-state index contributed by atoms with van der Waals surface area (Å²) >= 11 is 0. The van der Waals surface area contributed by atoms with Crippen LogP contribution in [-0.2, 0) is 29.0 Å². The van der Waals surface area contributed by atoms with Crippen molar-refractivity contribution >= 4 is 23.9 Å². The number of aliphatic hydroxyl groups is 1. The molecule has 0 spiro atoms. The van der Waals surface area contributed by atoms with Gasteiger partial charge in [0.25, 0.3) is 0 Å². The number of pyridine rings is 1. The Morgan fingerprint density at radius 1 is 0.746 bits per heavy atom. The van der Waals surface area contributed by atoms with Gasteiger partial charge in [-0.2, -0.15) is 0 Å². The van der Waals surface area contributed by atoms with E-state index in [1.54, 1.807) is 36.8 Å². The first kappa shape index (κ1) is 44.4. The lowest BCUT2D eigenvalue weighted by atomic mass is 9.84. The van der Waals surface area contributed by atoms with Crippen LogP contribution in [0.2, 0.25) is 0 Å². The molecule has 4 aromatic rings. The van der Waals surface area contributed by atoms with Crippen molar-refractivity contribution in [2.75, 3.05) is 13.1 Å². The second kappa shape index (κ2) is 19.3. The molecule has 12 heteroatoms. The molecule has 5 rings (SSSR count). The van der Waals surface area contributed by atoms with Gasteiger partial charge < -0.3 is 36.0 Å². The minimum Gasteiger partial charge on any atom is -0.465 e. The van der Waals surface area contributed by atoms with Crippen LogP contribution in [0.25, 0.3) is 11.3 Å². The molecule has 0 bridgehead atoms. The summed E-state index contributed by atoms with van der Waals surface area (Å²) in [5.41, 5.74) is 4.21. The SMILES string of the molecule is Cc1ccccc1CN1CCN([C@H](C(=O)N[C@@H](Cc2ccccc2)[C@@H](O)C[C@H](Cc2ccc(-c3ccccn3)cc2)NC(=O)[C@@H](NC(=O)O)C(C)(C)C)C(C)(C)C)C1=O. The molecule has 1 aliphatic rings. The van der Waals surface area contributed by atoms with Crippen LogP contribution in [0.4, 0.5) is 9.59 Å². The van der Waals surface area contributed by atoms with Gasteiger partial charge in [0.2, 0.25) is 11.8 Å². The van der Waals surface area contributed by atoms with E-state index in [0.29, 0.717) is 26.1 Å². The maximum atomic E-state index is 14.6. The van der Waals surface area contributed by atoms with E-state index in [9.17, 15) is 29.4 Å². The van der Waals surface area contributed by atoms with E-state index >= 15 is 0 Å². The Labute approximate surface area is 348 Å². The Bertz CT molecular complexity index is 2030. The van der Waals surface area contributed by atoms with Crippen molar-refractivity contribution in [1.82, 2.24) is 30.7 Å². The second-order valence-electron chi connectivity index (χ2n) is 17.8. The number of rotatable bonds is 16. The molecule has 0 radical (unpaired) electrons. The normalized spacial score (nSPS) is 15.8. The monoisotopic (exact) mass is 804 g/mol. The molecule has 12 nitrogen and oxygen atoms in total. The van der Waals surface area contributed by atoms with Crippen molar-refractivity contribution in [3.63, 3.8) is 0 Å². The molecular formula is C47H60N6O6. The molecule has 2 heterocycles. The van der Waals surface area contributed by atoms with Gasteiger partial charge in [-0.15, -0.1) is 0 Å². The van der Waals surface area contributed by atoms with Gasteiger partial charge >= 0.3 is 12.1 Å². The lowest BCUT2D eigenvalue weighted by Gasteiger charge is -2.38. The highest BCUT2D eigenvalue weighted by molar-refractivity contribution is 5.89. The number of carboxylic acid groups (broad SMARTS) is 1. The summed E-state index contributed by atoms with van der Waals surface area (Å²) in [7, 11) is 0. The zero-order valence-corrected chi connectivity index (χ0v) is 35.3.